The van der Waals surface area contributed by atoms with E-state index in [0.717, 1.165) is 44.4 Å². The molecule has 0 radical (unpaired) electrons. The number of nitrogens with one attached hydrogen (secondary N) is 1. The SMILES string of the molecule is SCCCSc1n[nH]c(-c2ccc(Br)cc2)c1-n1cncn1. The molecular weight excluding hydrogens is 382 g/mol. The van der Waals surface area contributed by atoms with Gasteiger partial charge < -0.3 is 0 Å². The van der Waals surface area contributed by atoms with Gasteiger partial charge in [0.25, 0.3) is 0 Å². The molecule has 0 spiro atoms. The zero-order chi connectivity index (χ0) is 15.4. The van der Waals surface area contributed by atoms with Crippen LogP contribution in [0, 0.1) is 0 Å². The smallest absolute Gasteiger partial charge is 0.144 e. The summed E-state index contributed by atoms with van der Waals surface area (Å²) in [6.07, 6.45) is 4.25. The normalized spacial score (nSPS) is 11.0. The van der Waals surface area contributed by atoms with Gasteiger partial charge in [0.1, 0.15) is 23.4 Å². The summed E-state index contributed by atoms with van der Waals surface area (Å²) in [7, 11) is 0. The second-order valence-corrected chi connectivity index (χ2v) is 6.97. The van der Waals surface area contributed by atoms with Gasteiger partial charge in [0, 0.05) is 15.8 Å². The van der Waals surface area contributed by atoms with E-state index >= 15 is 0 Å². The summed E-state index contributed by atoms with van der Waals surface area (Å²) >= 11 is 9.41. The third-order valence-electron chi connectivity index (χ3n) is 3.03. The number of aromatic nitrogens is 5. The molecule has 3 rings (SSSR count). The first-order chi connectivity index (χ1) is 10.8. The van der Waals surface area contributed by atoms with E-state index in [9.17, 15) is 0 Å². The predicted octanol–water partition coefficient (Wildman–Crippen LogP) is 3.83. The summed E-state index contributed by atoms with van der Waals surface area (Å²) < 4.78 is 2.80. The number of benzene rings is 1. The predicted molar refractivity (Wildman–Crippen MR) is 95.8 cm³/mol. The lowest BCUT2D eigenvalue weighted by molar-refractivity contribution is 0.856. The molecule has 0 atom stereocenters. The van der Waals surface area contributed by atoms with Crippen molar-refractivity contribution in [2.75, 3.05) is 11.5 Å². The third-order valence-corrected chi connectivity index (χ3v) is 4.93. The van der Waals surface area contributed by atoms with Crippen molar-refractivity contribution in [3.05, 3.63) is 41.4 Å². The molecule has 114 valence electrons. The molecule has 0 aliphatic rings. The Morgan fingerprint density at radius 2 is 2.09 bits per heavy atom. The van der Waals surface area contributed by atoms with Crippen LogP contribution in [0.5, 0.6) is 0 Å². The van der Waals surface area contributed by atoms with Gasteiger partial charge in [-0.15, -0.1) is 11.8 Å². The van der Waals surface area contributed by atoms with Crippen molar-refractivity contribution in [2.24, 2.45) is 0 Å². The van der Waals surface area contributed by atoms with E-state index in [0.29, 0.717) is 0 Å². The van der Waals surface area contributed by atoms with Crippen molar-refractivity contribution in [1.82, 2.24) is 25.0 Å². The summed E-state index contributed by atoms with van der Waals surface area (Å²) in [5, 5.41) is 12.8. The van der Waals surface area contributed by atoms with Crippen molar-refractivity contribution in [1.29, 1.82) is 0 Å². The Labute approximate surface area is 146 Å². The van der Waals surface area contributed by atoms with Crippen LogP contribution in [0.15, 0.2) is 46.4 Å². The highest BCUT2D eigenvalue weighted by Crippen LogP contribution is 2.33. The van der Waals surface area contributed by atoms with Gasteiger partial charge >= 0.3 is 0 Å². The lowest BCUT2D eigenvalue weighted by atomic mass is 10.1. The van der Waals surface area contributed by atoms with Crippen molar-refractivity contribution >= 4 is 40.3 Å². The van der Waals surface area contributed by atoms with Crippen molar-refractivity contribution in [3.8, 4) is 16.9 Å². The number of thioether (sulfide) groups is 1. The average Bonchev–Trinajstić information content (AvgIpc) is 3.17. The van der Waals surface area contributed by atoms with Gasteiger partial charge in [-0.3, -0.25) is 5.10 Å². The molecule has 2 aromatic heterocycles. The monoisotopic (exact) mass is 395 g/mol. The van der Waals surface area contributed by atoms with Crippen molar-refractivity contribution in [2.45, 2.75) is 11.4 Å². The minimum absolute atomic E-state index is 0.871. The van der Waals surface area contributed by atoms with E-state index in [-0.39, 0.29) is 0 Å². The molecule has 0 saturated carbocycles. The number of H-pyrrole nitrogens is 1. The van der Waals surface area contributed by atoms with E-state index in [4.69, 9.17) is 0 Å². The van der Waals surface area contributed by atoms with Gasteiger partial charge in [-0.1, -0.05) is 28.1 Å². The number of thiol groups is 1. The average molecular weight is 396 g/mol. The van der Waals surface area contributed by atoms with Gasteiger partial charge in [-0.2, -0.15) is 22.8 Å². The van der Waals surface area contributed by atoms with Gasteiger partial charge in [0.15, 0.2) is 0 Å². The Kier molecular flexibility index (Phi) is 5.22. The quantitative estimate of drug-likeness (QED) is 0.378. The lowest BCUT2D eigenvalue weighted by Gasteiger charge is -2.05. The fraction of sp³-hybridized carbons (Fsp3) is 0.214. The van der Waals surface area contributed by atoms with Gasteiger partial charge in [0.2, 0.25) is 0 Å². The van der Waals surface area contributed by atoms with Crippen molar-refractivity contribution in [3.63, 3.8) is 0 Å². The molecule has 3 aromatic rings. The van der Waals surface area contributed by atoms with Gasteiger partial charge in [0.05, 0.1) is 5.69 Å². The van der Waals surface area contributed by atoms with Crippen LogP contribution in [0.4, 0.5) is 0 Å². The molecule has 8 heteroatoms. The molecule has 0 aliphatic heterocycles. The molecule has 0 aliphatic carbocycles. The maximum absolute atomic E-state index is 4.46. The maximum atomic E-state index is 4.46. The van der Waals surface area contributed by atoms with Crippen LogP contribution in [0.3, 0.4) is 0 Å². The first-order valence-electron chi connectivity index (χ1n) is 6.72. The fourth-order valence-corrected chi connectivity index (χ4v) is 3.57. The zero-order valence-electron chi connectivity index (χ0n) is 11.6. The first-order valence-corrected chi connectivity index (χ1v) is 9.13. The summed E-state index contributed by atoms with van der Waals surface area (Å²) in [5.41, 5.74) is 2.93. The molecular formula is C14H14BrN5S2. The zero-order valence-corrected chi connectivity index (χ0v) is 14.9. The highest BCUT2D eigenvalue weighted by atomic mass is 79.9. The van der Waals surface area contributed by atoms with Crippen LogP contribution < -0.4 is 0 Å². The minimum Gasteiger partial charge on any atom is -0.274 e. The molecule has 0 saturated heterocycles. The summed E-state index contributed by atoms with van der Waals surface area (Å²) in [5.74, 6) is 1.84. The van der Waals surface area contributed by atoms with E-state index in [1.165, 1.54) is 6.33 Å². The highest BCUT2D eigenvalue weighted by Gasteiger charge is 2.17. The van der Waals surface area contributed by atoms with E-state index in [2.05, 4.69) is 48.8 Å². The summed E-state index contributed by atoms with van der Waals surface area (Å²) in [6.45, 7) is 0. The van der Waals surface area contributed by atoms with E-state index in [1.807, 2.05) is 24.3 Å². The Balaban J connectivity index is 2.01. The Morgan fingerprint density at radius 1 is 1.27 bits per heavy atom. The fourth-order valence-electron chi connectivity index (χ4n) is 2.01. The first kappa shape index (κ1) is 15.6. The topological polar surface area (TPSA) is 59.4 Å². The largest absolute Gasteiger partial charge is 0.274 e. The Morgan fingerprint density at radius 3 is 2.77 bits per heavy atom. The van der Waals surface area contributed by atoms with Gasteiger partial charge in [-0.05, 0) is 24.3 Å². The molecule has 1 N–H and O–H groups in total. The Bertz CT molecular complexity index is 724. The van der Waals surface area contributed by atoms with E-state index in [1.54, 1.807) is 22.8 Å². The number of hydrogen-bond acceptors (Lipinski definition) is 5. The Hall–Kier alpha value is -1.25. The number of halogens is 1. The second kappa shape index (κ2) is 7.34. The van der Waals surface area contributed by atoms with Gasteiger partial charge in [-0.25, -0.2) is 9.67 Å². The van der Waals surface area contributed by atoms with Crippen molar-refractivity contribution < 1.29 is 0 Å². The number of aromatic amines is 1. The molecule has 0 bridgehead atoms. The highest BCUT2D eigenvalue weighted by molar-refractivity contribution is 9.10. The van der Waals surface area contributed by atoms with Crippen LogP contribution in [-0.4, -0.2) is 36.5 Å². The molecule has 2 heterocycles. The van der Waals surface area contributed by atoms with Crippen LogP contribution in [-0.2, 0) is 0 Å². The molecule has 5 nitrogen and oxygen atoms in total. The molecule has 0 unspecified atom stereocenters. The minimum atomic E-state index is 0.871. The second-order valence-electron chi connectivity index (χ2n) is 4.52. The summed E-state index contributed by atoms with van der Waals surface area (Å²) in [4.78, 5) is 4.05. The van der Waals surface area contributed by atoms with Crippen LogP contribution in [0.25, 0.3) is 16.9 Å². The molecule has 0 fully saturated rings. The standard InChI is InChI=1S/C14H14BrN5S2/c15-11-4-2-10(3-5-11)12-13(20-9-16-8-17-20)14(19-18-12)22-7-1-6-21/h2-5,8-9,21H,1,6-7H2,(H,18,19). The number of hydrogen-bond donors (Lipinski definition) is 2. The van der Waals surface area contributed by atoms with Crippen LogP contribution in [0.2, 0.25) is 0 Å². The van der Waals surface area contributed by atoms with E-state index < -0.39 is 0 Å². The van der Waals surface area contributed by atoms with Crippen LogP contribution in [0.1, 0.15) is 6.42 Å². The summed E-state index contributed by atoms with van der Waals surface area (Å²) in [6, 6.07) is 8.10. The number of rotatable bonds is 6. The number of nitrogens with zero attached hydrogens (tertiary/aromatic N) is 4. The van der Waals surface area contributed by atoms with Crippen LogP contribution >= 0.6 is 40.3 Å². The molecule has 1 aromatic carbocycles. The lowest BCUT2D eigenvalue weighted by Crippen LogP contribution is -1.97. The molecule has 22 heavy (non-hydrogen) atoms. The molecule has 0 amide bonds. The maximum Gasteiger partial charge on any atom is 0.144 e. The third kappa shape index (κ3) is 3.39.